The molecular weight excluding hydrogens is 372 g/mol. The predicted octanol–water partition coefficient (Wildman–Crippen LogP) is 6.24. The maximum absolute atomic E-state index is 11.9. The van der Waals surface area contributed by atoms with Crippen molar-refractivity contribution in [3.63, 3.8) is 0 Å². The summed E-state index contributed by atoms with van der Waals surface area (Å²) in [6, 6.07) is 0. The average molecular weight is 420 g/mol. The van der Waals surface area contributed by atoms with Crippen molar-refractivity contribution in [3.8, 4) is 0 Å². The Kier molecular flexibility index (Phi) is 13.5. The van der Waals surface area contributed by atoms with Gasteiger partial charge in [0, 0.05) is 0 Å². The fourth-order valence-electron chi connectivity index (χ4n) is 3.88. The number of rotatable bonds is 16. The van der Waals surface area contributed by atoms with Crippen molar-refractivity contribution in [2.75, 3.05) is 6.61 Å². The minimum Gasteiger partial charge on any atom is -0.459 e. The molecule has 4 nitrogen and oxygen atoms in total. The van der Waals surface area contributed by atoms with Gasteiger partial charge in [0.15, 0.2) is 6.54 Å². The van der Waals surface area contributed by atoms with Gasteiger partial charge in [-0.25, -0.2) is 13.9 Å². The second-order valence-corrected chi connectivity index (χ2v) is 9.84. The van der Waals surface area contributed by atoms with Gasteiger partial charge in [-0.3, -0.25) is 0 Å². The van der Waals surface area contributed by atoms with Gasteiger partial charge in [-0.1, -0.05) is 78.2 Å². The lowest BCUT2D eigenvalue weighted by Gasteiger charge is -2.15. The number of esters is 1. The Morgan fingerprint density at radius 2 is 1.60 bits per heavy atom. The number of carbonyl (C=O) groups excluding carboxylic acids is 1. The van der Waals surface area contributed by atoms with Crippen LogP contribution >= 0.6 is 0 Å². The second-order valence-electron chi connectivity index (χ2n) is 9.84. The first-order chi connectivity index (χ1) is 14.3. The number of ether oxygens (including phenoxy) is 1. The smallest absolute Gasteiger partial charge is 0.348 e. The molecule has 0 saturated carbocycles. The van der Waals surface area contributed by atoms with Gasteiger partial charge < -0.3 is 4.74 Å². The van der Waals surface area contributed by atoms with Crippen LogP contribution in [-0.2, 0) is 23.1 Å². The fourth-order valence-corrected chi connectivity index (χ4v) is 3.88. The lowest BCUT2D eigenvalue weighted by atomic mass is 9.91. The summed E-state index contributed by atoms with van der Waals surface area (Å²) in [6.07, 6.45) is 19.6. The Morgan fingerprint density at radius 3 is 2.17 bits per heavy atom. The van der Waals surface area contributed by atoms with Gasteiger partial charge in [-0.15, -0.1) is 0 Å². The van der Waals surface area contributed by atoms with E-state index in [0.29, 0.717) is 6.61 Å². The standard InChI is InChI=1S/C26H47N2O2/c1-22(2)10-7-11-23(3)12-8-13-24(4)14-9-15-25(5)16-19-30-26(29)20-28-18-17-27(6)21-28/h16-18,21-24H,7-15,19-20H2,1-6H3/q+1/b25-16+/t23-,24-/m1/s1. The molecule has 0 aliphatic carbocycles. The van der Waals surface area contributed by atoms with Gasteiger partial charge in [0.2, 0.25) is 6.33 Å². The highest BCUT2D eigenvalue weighted by Gasteiger charge is 2.09. The second kappa shape index (κ2) is 15.3. The van der Waals surface area contributed by atoms with E-state index in [1.54, 1.807) is 0 Å². The van der Waals surface area contributed by atoms with E-state index in [4.69, 9.17) is 4.74 Å². The van der Waals surface area contributed by atoms with E-state index in [-0.39, 0.29) is 12.5 Å². The van der Waals surface area contributed by atoms with Crippen molar-refractivity contribution >= 4 is 5.97 Å². The van der Waals surface area contributed by atoms with Crippen LogP contribution in [0.2, 0.25) is 0 Å². The molecule has 0 fully saturated rings. The van der Waals surface area contributed by atoms with E-state index in [0.717, 1.165) is 24.2 Å². The Balaban J connectivity index is 2.06. The molecule has 0 aliphatic rings. The molecule has 2 atom stereocenters. The van der Waals surface area contributed by atoms with Crippen LogP contribution in [0.15, 0.2) is 30.4 Å². The summed E-state index contributed by atoms with van der Waals surface area (Å²) >= 11 is 0. The maximum Gasteiger partial charge on any atom is 0.348 e. The quantitative estimate of drug-likeness (QED) is 0.180. The number of allylic oxidation sites excluding steroid dienone is 1. The van der Waals surface area contributed by atoms with Crippen molar-refractivity contribution in [1.29, 1.82) is 0 Å². The van der Waals surface area contributed by atoms with Crippen molar-refractivity contribution in [2.24, 2.45) is 24.8 Å². The molecule has 0 aliphatic heterocycles. The minimum atomic E-state index is -0.192. The topological polar surface area (TPSA) is 35.1 Å². The number of hydrogen-bond donors (Lipinski definition) is 0. The van der Waals surface area contributed by atoms with E-state index in [2.05, 4.69) is 40.7 Å². The van der Waals surface area contributed by atoms with Crippen LogP contribution in [0.3, 0.4) is 0 Å². The van der Waals surface area contributed by atoms with Gasteiger partial charge in [-0.05, 0) is 43.6 Å². The monoisotopic (exact) mass is 419 g/mol. The van der Waals surface area contributed by atoms with Crippen LogP contribution in [0.5, 0.6) is 0 Å². The van der Waals surface area contributed by atoms with Crippen molar-refractivity contribution in [3.05, 3.63) is 30.4 Å². The minimum absolute atomic E-state index is 0.192. The average Bonchev–Trinajstić information content (AvgIpc) is 3.06. The summed E-state index contributed by atoms with van der Waals surface area (Å²) < 4.78 is 9.06. The molecule has 0 spiro atoms. The lowest BCUT2D eigenvalue weighted by Crippen LogP contribution is -2.24. The van der Waals surface area contributed by atoms with Crippen LogP contribution in [0, 0.1) is 17.8 Å². The molecule has 4 heteroatoms. The summed E-state index contributed by atoms with van der Waals surface area (Å²) in [6.45, 7) is 12.2. The Morgan fingerprint density at radius 1 is 1.00 bits per heavy atom. The maximum atomic E-state index is 11.9. The van der Waals surface area contributed by atoms with E-state index < -0.39 is 0 Å². The zero-order valence-electron chi connectivity index (χ0n) is 20.5. The van der Waals surface area contributed by atoms with Crippen LogP contribution in [0.25, 0.3) is 0 Å². The van der Waals surface area contributed by atoms with Crippen molar-refractivity contribution < 1.29 is 14.1 Å². The van der Waals surface area contributed by atoms with Crippen LogP contribution in [0.1, 0.15) is 92.4 Å². The predicted molar refractivity (Wildman–Crippen MR) is 125 cm³/mol. The molecule has 172 valence electrons. The SMILES string of the molecule is C/C(=C\COC(=O)Cn1cc[n+](C)c1)CCC[C@H](C)CCC[C@H](C)CCCC(C)C. The lowest BCUT2D eigenvalue weighted by molar-refractivity contribution is -0.671. The normalized spacial score (nSPS) is 14.2. The molecule has 1 heterocycles. The molecule has 30 heavy (non-hydrogen) atoms. The number of carbonyl (C=O) groups is 1. The Bertz CT molecular complexity index is 618. The number of aryl methyl sites for hydroxylation is 1. The third-order valence-corrected chi connectivity index (χ3v) is 5.95. The first kappa shape index (κ1) is 26.5. The van der Waals surface area contributed by atoms with E-state index >= 15 is 0 Å². The number of imidazole rings is 1. The highest BCUT2D eigenvalue weighted by atomic mass is 16.5. The van der Waals surface area contributed by atoms with Crippen molar-refractivity contribution in [2.45, 2.75) is 99.0 Å². The number of nitrogens with zero attached hydrogens (tertiary/aromatic N) is 2. The molecule has 0 unspecified atom stereocenters. The molecule has 0 N–H and O–H groups in total. The zero-order chi connectivity index (χ0) is 22.4. The zero-order valence-corrected chi connectivity index (χ0v) is 20.5. The van der Waals surface area contributed by atoms with E-state index in [1.807, 2.05) is 34.9 Å². The molecule has 1 rings (SSSR count). The number of aromatic nitrogens is 2. The largest absolute Gasteiger partial charge is 0.459 e. The third kappa shape index (κ3) is 13.6. The Labute approximate surface area is 185 Å². The van der Waals surface area contributed by atoms with Crippen LogP contribution < -0.4 is 4.57 Å². The van der Waals surface area contributed by atoms with Gasteiger partial charge in [0.05, 0.1) is 7.05 Å². The molecule has 1 aromatic rings. The molecular formula is C26H47N2O2+. The molecule has 0 bridgehead atoms. The number of hydrogen-bond acceptors (Lipinski definition) is 2. The first-order valence-corrected chi connectivity index (χ1v) is 12.1. The van der Waals surface area contributed by atoms with Crippen molar-refractivity contribution in [1.82, 2.24) is 4.57 Å². The Hall–Kier alpha value is -1.58. The van der Waals surface area contributed by atoms with E-state index in [9.17, 15) is 4.79 Å². The first-order valence-electron chi connectivity index (χ1n) is 12.1. The summed E-state index contributed by atoms with van der Waals surface area (Å²) in [5.41, 5.74) is 1.32. The van der Waals surface area contributed by atoms with Gasteiger partial charge in [0.25, 0.3) is 0 Å². The highest BCUT2D eigenvalue weighted by Crippen LogP contribution is 2.22. The summed E-state index contributed by atoms with van der Waals surface area (Å²) in [4.78, 5) is 11.9. The van der Waals surface area contributed by atoms with Gasteiger partial charge in [-0.2, -0.15) is 0 Å². The molecule has 0 aromatic carbocycles. The fraction of sp³-hybridized carbons (Fsp3) is 0.769. The van der Waals surface area contributed by atoms with Crippen LogP contribution in [0.4, 0.5) is 0 Å². The molecule has 0 saturated heterocycles. The van der Waals surface area contributed by atoms with Gasteiger partial charge in [0.1, 0.15) is 19.0 Å². The molecule has 1 aromatic heterocycles. The van der Waals surface area contributed by atoms with Crippen LogP contribution in [-0.4, -0.2) is 17.1 Å². The van der Waals surface area contributed by atoms with E-state index in [1.165, 1.54) is 56.9 Å². The molecule has 0 radical (unpaired) electrons. The highest BCUT2D eigenvalue weighted by molar-refractivity contribution is 5.69. The summed E-state index contributed by atoms with van der Waals surface area (Å²) in [5, 5.41) is 0. The molecule has 0 amide bonds. The summed E-state index contributed by atoms with van der Waals surface area (Å²) in [5.74, 6) is 2.34. The van der Waals surface area contributed by atoms with Gasteiger partial charge >= 0.3 is 5.97 Å². The summed E-state index contributed by atoms with van der Waals surface area (Å²) in [7, 11) is 1.93. The third-order valence-electron chi connectivity index (χ3n) is 5.95.